The van der Waals surface area contributed by atoms with E-state index in [2.05, 4.69) is 254 Å². The Bertz CT molecular complexity index is 3810. The van der Waals surface area contributed by atoms with E-state index < -0.39 is 0 Å². The van der Waals surface area contributed by atoms with Crippen LogP contribution in [0.4, 0.5) is 0 Å². The topological polar surface area (TPSA) is 46.5 Å². The molecule has 0 atom stereocenters. The predicted octanol–water partition coefficient (Wildman–Crippen LogP) is 18.6. The Balaban J connectivity index is 1.24. The van der Waals surface area contributed by atoms with E-state index in [4.69, 9.17) is 4.98 Å². The molecule has 74 heavy (non-hydrogen) atoms. The molecule has 0 bridgehead atoms. The summed E-state index contributed by atoms with van der Waals surface area (Å²) >= 11 is 0. The van der Waals surface area contributed by atoms with Gasteiger partial charge in [0.15, 0.2) is 0 Å². The van der Waals surface area contributed by atoms with Crippen LogP contribution in [-0.4, -0.2) is 14.1 Å². The van der Waals surface area contributed by atoms with Crippen molar-refractivity contribution in [1.82, 2.24) is 14.1 Å². The van der Waals surface area contributed by atoms with Crippen molar-refractivity contribution in [3.05, 3.63) is 231 Å². The summed E-state index contributed by atoms with van der Waals surface area (Å²) in [6.45, 7) is 21.5. The summed E-state index contributed by atoms with van der Waals surface area (Å²) in [5.74, 6) is 0. The van der Waals surface area contributed by atoms with Gasteiger partial charge in [-0.05, 0) is 173 Å². The van der Waals surface area contributed by atoms with Crippen molar-refractivity contribution >= 4 is 43.6 Å². The molecule has 0 aliphatic carbocycles. The van der Waals surface area contributed by atoms with Crippen LogP contribution in [-0.2, 0) is 0 Å². The van der Waals surface area contributed by atoms with E-state index in [1.54, 1.807) is 0 Å². The maximum Gasteiger partial charge on any atom is 0.104 e. The minimum atomic E-state index is 0.580. The molecule has 0 spiro atoms. The van der Waals surface area contributed by atoms with Crippen molar-refractivity contribution < 1.29 is 0 Å². The molecular weight excluding hydrogens is 897 g/mol. The van der Waals surface area contributed by atoms with Crippen molar-refractivity contribution in [3.63, 3.8) is 0 Å². The molecule has 12 rings (SSSR count). The Morgan fingerprint density at radius 1 is 0.284 bits per heavy atom. The van der Waals surface area contributed by atoms with Gasteiger partial charge < -0.3 is 9.13 Å². The molecule has 0 amide bonds. The number of aryl methyl sites for hydroxylation is 10. The third-order valence-corrected chi connectivity index (χ3v) is 14.9. The van der Waals surface area contributed by atoms with E-state index in [1.165, 1.54) is 66.8 Å². The molecule has 9 aromatic carbocycles. The summed E-state index contributed by atoms with van der Waals surface area (Å²) in [5.41, 5.74) is 29.2. The minimum absolute atomic E-state index is 0.580. The Labute approximate surface area is 434 Å². The van der Waals surface area contributed by atoms with Gasteiger partial charge in [0.05, 0.1) is 33.4 Å². The molecule has 0 N–H and O–H groups in total. The normalized spacial score (nSPS) is 11.6. The van der Waals surface area contributed by atoms with Crippen LogP contribution in [0.5, 0.6) is 0 Å². The van der Waals surface area contributed by atoms with Crippen molar-refractivity contribution in [2.24, 2.45) is 0 Å². The number of nitrogens with zero attached hydrogens (tertiary/aromatic N) is 4. The molecular formula is C70H58N4. The zero-order chi connectivity index (χ0) is 51.3. The van der Waals surface area contributed by atoms with E-state index >= 15 is 0 Å². The minimum Gasteiger partial charge on any atom is -0.308 e. The van der Waals surface area contributed by atoms with Crippen LogP contribution in [0.1, 0.15) is 61.5 Å². The first-order valence-corrected chi connectivity index (χ1v) is 25.7. The third kappa shape index (κ3) is 8.16. The standard InChI is InChI=1S/C70H58N4/c1-40-19-41(2)24-54(23-40)50-11-15-60-61-16-12-51(55-25-42(3)20-43(4)26-55)34-66(61)73(65(60)33-50)69-37-59(58-31-48(9)72-49(10)32-58)38-70(64(69)39-71)74-67-35-52(56-27-44(5)21-45(6)28-56)13-17-62(67)63-18-14-53(36-68(63)74)57-29-46(7)22-47(8)30-57/h11-38H,1-10H3. The number of benzene rings is 9. The van der Waals surface area contributed by atoms with Crippen molar-refractivity contribution in [1.29, 1.82) is 5.26 Å². The number of rotatable bonds is 7. The fourth-order valence-corrected chi connectivity index (χ4v) is 12.1. The number of nitriles is 1. The SMILES string of the molecule is Cc1cc(C)cc(-c2ccc3c4ccc(-c5cc(C)cc(C)c5)cc4n(-c4cc(-c5cc(C)nc(C)c5)cc(-n5c6cc(-c7cc(C)cc(C)c7)ccc6c6ccc(-c7cc(C)cc(C)c7)cc65)c4C#N)c3c2)c1. The summed E-state index contributed by atoms with van der Waals surface area (Å²) in [7, 11) is 0. The van der Waals surface area contributed by atoms with Gasteiger partial charge in [0.1, 0.15) is 11.6 Å². The van der Waals surface area contributed by atoms with Crippen molar-refractivity contribution in [3.8, 4) is 73.1 Å². The predicted molar refractivity (Wildman–Crippen MR) is 312 cm³/mol. The Kier molecular flexibility index (Phi) is 11.1. The largest absolute Gasteiger partial charge is 0.308 e. The van der Waals surface area contributed by atoms with Crippen LogP contribution in [0, 0.1) is 80.6 Å². The number of fused-ring (bicyclic) bond motifs is 6. The molecule has 0 saturated heterocycles. The number of hydrogen-bond acceptors (Lipinski definition) is 2. The molecule has 4 nitrogen and oxygen atoms in total. The van der Waals surface area contributed by atoms with Gasteiger partial charge in [-0.2, -0.15) is 5.26 Å². The quantitative estimate of drug-likeness (QED) is 0.160. The summed E-state index contributed by atoms with van der Waals surface area (Å²) in [6.07, 6.45) is 0. The molecule has 0 saturated carbocycles. The van der Waals surface area contributed by atoms with E-state index in [-0.39, 0.29) is 0 Å². The van der Waals surface area contributed by atoms with Gasteiger partial charge >= 0.3 is 0 Å². The molecule has 12 aromatic rings. The lowest BCUT2D eigenvalue weighted by atomic mass is 9.98. The van der Waals surface area contributed by atoms with E-state index in [9.17, 15) is 5.26 Å². The summed E-state index contributed by atoms with van der Waals surface area (Å²) < 4.78 is 4.76. The van der Waals surface area contributed by atoms with Gasteiger partial charge in [0.2, 0.25) is 0 Å². The van der Waals surface area contributed by atoms with Gasteiger partial charge in [-0.3, -0.25) is 4.98 Å². The summed E-state index contributed by atoms with van der Waals surface area (Å²) in [4.78, 5) is 4.84. The number of hydrogen-bond donors (Lipinski definition) is 0. The molecule has 0 aliphatic heterocycles. The number of aromatic nitrogens is 3. The van der Waals surface area contributed by atoms with Gasteiger partial charge in [0.25, 0.3) is 0 Å². The maximum absolute atomic E-state index is 12.1. The summed E-state index contributed by atoms with van der Waals surface area (Å²) in [6, 6.07) is 66.3. The van der Waals surface area contributed by atoms with E-state index in [0.29, 0.717) is 5.56 Å². The second-order valence-electron chi connectivity index (χ2n) is 21.2. The highest BCUT2D eigenvalue weighted by Crippen LogP contribution is 2.44. The first-order chi connectivity index (χ1) is 35.6. The molecule has 4 heteroatoms. The van der Waals surface area contributed by atoms with Gasteiger partial charge in [-0.1, -0.05) is 166 Å². The van der Waals surface area contributed by atoms with Gasteiger partial charge in [-0.25, -0.2) is 0 Å². The first-order valence-electron chi connectivity index (χ1n) is 25.7. The Hall–Kier alpha value is -8.78. The Morgan fingerprint density at radius 2 is 0.527 bits per heavy atom. The van der Waals surface area contributed by atoms with Crippen LogP contribution >= 0.6 is 0 Å². The highest BCUT2D eigenvalue weighted by atomic mass is 15.0. The van der Waals surface area contributed by atoms with Crippen molar-refractivity contribution in [2.45, 2.75) is 69.2 Å². The molecule has 0 aliphatic rings. The monoisotopic (exact) mass is 954 g/mol. The van der Waals surface area contributed by atoms with Gasteiger partial charge in [-0.15, -0.1) is 0 Å². The molecule has 3 aromatic heterocycles. The van der Waals surface area contributed by atoms with Crippen LogP contribution in [0.25, 0.3) is 111 Å². The molecule has 0 unspecified atom stereocenters. The lowest BCUT2D eigenvalue weighted by Gasteiger charge is -2.19. The average Bonchev–Trinajstić information content (AvgIpc) is 3.86. The highest BCUT2D eigenvalue weighted by molar-refractivity contribution is 6.13. The van der Waals surface area contributed by atoms with Crippen molar-refractivity contribution in [2.75, 3.05) is 0 Å². The van der Waals surface area contributed by atoms with Crippen LogP contribution in [0.15, 0.2) is 170 Å². The van der Waals surface area contributed by atoms with Crippen LogP contribution in [0.2, 0.25) is 0 Å². The van der Waals surface area contributed by atoms with Crippen LogP contribution in [0.3, 0.4) is 0 Å². The average molecular weight is 955 g/mol. The fraction of sp³-hybridized carbons (Fsp3) is 0.143. The zero-order valence-electron chi connectivity index (χ0n) is 44.0. The Morgan fingerprint density at radius 3 is 0.784 bits per heavy atom. The van der Waals surface area contributed by atoms with Crippen LogP contribution < -0.4 is 0 Å². The number of pyridine rings is 1. The smallest absolute Gasteiger partial charge is 0.104 e. The second kappa shape index (κ2) is 17.8. The maximum atomic E-state index is 12.1. The lowest BCUT2D eigenvalue weighted by Crippen LogP contribution is -2.06. The second-order valence-corrected chi connectivity index (χ2v) is 21.2. The molecule has 0 radical (unpaired) electrons. The molecule has 0 fully saturated rings. The molecule has 358 valence electrons. The third-order valence-electron chi connectivity index (χ3n) is 14.9. The zero-order valence-corrected chi connectivity index (χ0v) is 44.0. The van der Waals surface area contributed by atoms with E-state index in [0.717, 1.165) is 99.8 Å². The highest BCUT2D eigenvalue weighted by Gasteiger charge is 2.25. The fourth-order valence-electron chi connectivity index (χ4n) is 12.1. The lowest BCUT2D eigenvalue weighted by molar-refractivity contribution is 1.11. The van der Waals surface area contributed by atoms with E-state index in [1.807, 2.05) is 0 Å². The van der Waals surface area contributed by atoms with Gasteiger partial charge in [0, 0.05) is 32.9 Å². The first kappa shape index (κ1) is 46.3. The summed E-state index contributed by atoms with van der Waals surface area (Å²) in [5, 5.41) is 16.6. The molecule has 3 heterocycles.